The van der Waals surface area contributed by atoms with Gasteiger partial charge in [-0.1, -0.05) is 11.2 Å². The predicted octanol–water partition coefficient (Wildman–Crippen LogP) is 2.64. The highest BCUT2D eigenvalue weighted by atomic mass is 32.1. The third-order valence-corrected chi connectivity index (χ3v) is 2.38. The lowest BCUT2D eigenvalue weighted by molar-refractivity contribution is 0.0520. The molecule has 84 valence electrons. The smallest absolute Gasteiger partial charge is 0.358 e. The van der Waals surface area contributed by atoms with Gasteiger partial charge in [0.1, 0.15) is 0 Å². The van der Waals surface area contributed by atoms with Crippen molar-refractivity contribution in [3.63, 3.8) is 0 Å². The summed E-state index contributed by atoms with van der Waals surface area (Å²) in [5.41, 5.74) is 9.94. The van der Waals surface area contributed by atoms with Gasteiger partial charge in [0.2, 0.25) is 0 Å². The molecule has 0 spiro atoms. The van der Waals surface area contributed by atoms with Gasteiger partial charge >= 0.3 is 5.97 Å². The van der Waals surface area contributed by atoms with Gasteiger partial charge in [0, 0.05) is 11.5 Å². The summed E-state index contributed by atoms with van der Waals surface area (Å²) in [4.78, 5) is 18.7. The molecule has 0 aliphatic heterocycles. The molecule has 16 heavy (non-hydrogen) atoms. The van der Waals surface area contributed by atoms with E-state index in [9.17, 15) is 4.79 Å². The minimum atomic E-state index is -0.438. The van der Waals surface area contributed by atoms with Crippen molar-refractivity contribution in [1.29, 1.82) is 0 Å². The van der Waals surface area contributed by atoms with E-state index in [1.165, 1.54) is 11.3 Å². The maximum atomic E-state index is 11.4. The van der Waals surface area contributed by atoms with E-state index in [1.807, 2.05) is 0 Å². The highest BCUT2D eigenvalue weighted by Gasteiger charge is 2.13. The van der Waals surface area contributed by atoms with Crippen LogP contribution in [0.4, 0.5) is 0 Å². The van der Waals surface area contributed by atoms with Crippen molar-refractivity contribution in [1.82, 2.24) is 4.98 Å². The molecule has 6 nitrogen and oxygen atoms in total. The second kappa shape index (κ2) is 6.60. The van der Waals surface area contributed by atoms with Crippen LogP contribution >= 0.6 is 11.3 Å². The fourth-order valence-corrected chi connectivity index (χ4v) is 1.66. The average molecular weight is 238 g/mol. The zero-order valence-electron chi connectivity index (χ0n) is 8.66. The number of azide groups is 1. The van der Waals surface area contributed by atoms with Crippen LogP contribution in [0.25, 0.3) is 16.5 Å². The Morgan fingerprint density at radius 2 is 2.62 bits per heavy atom. The molecule has 0 bridgehead atoms. The van der Waals surface area contributed by atoms with Gasteiger partial charge < -0.3 is 4.74 Å². The van der Waals surface area contributed by atoms with Crippen LogP contribution in [-0.4, -0.2) is 24.1 Å². The summed E-state index contributed by atoms with van der Waals surface area (Å²) < 4.78 is 4.84. The van der Waals surface area contributed by atoms with Gasteiger partial charge in [-0.3, -0.25) is 0 Å². The Morgan fingerprint density at radius 3 is 3.31 bits per heavy atom. The molecule has 1 aromatic rings. The Morgan fingerprint density at radius 1 is 1.81 bits per heavy atom. The maximum absolute atomic E-state index is 11.4. The van der Waals surface area contributed by atoms with Crippen LogP contribution < -0.4 is 0 Å². The molecule has 0 radical (unpaired) electrons. The molecular weight excluding hydrogens is 228 g/mol. The Bertz CT molecular complexity index is 434. The number of carbonyl (C=O) groups is 1. The van der Waals surface area contributed by atoms with E-state index in [-0.39, 0.29) is 6.54 Å². The fourth-order valence-electron chi connectivity index (χ4n) is 0.970. The first-order valence-corrected chi connectivity index (χ1v) is 5.45. The van der Waals surface area contributed by atoms with Gasteiger partial charge in [0.15, 0.2) is 5.69 Å². The molecule has 0 saturated heterocycles. The molecule has 1 aromatic heterocycles. The first-order valence-electron chi connectivity index (χ1n) is 4.57. The number of hydrogen-bond donors (Lipinski definition) is 0. The van der Waals surface area contributed by atoms with E-state index in [0.29, 0.717) is 17.2 Å². The third kappa shape index (κ3) is 3.38. The SMILES string of the molecule is CCOC(=O)c1ncsc1C=CCN=[N+]=[N-]. The van der Waals surface area contributed by atoms with Crippen molar-refractivity contribution in [3.8, 4) is 0 Å². The van der Waals surface area contributed by atoms with Gasteiger partial charge in [0.25, 0.3) is 0 Å². The van der Waals surface area contributed by atoms with Crippen LogP contribution in [0.3, 0.4) is 0 Å². The number of rotatable bonds is 5. The lowest BCUT2D eigenvalue weighted by atomic mass is 10.3. The first-order chi connectivity index (χ1) is 7.79. The zero-order chi connectivity index (χ0) is 11.8. The van der Waals surface area contributed by atoms with Crippen molar-refractivity contribution in [3.05, 3.63) is 32.6 Å². The van der Waals surface area contributed by atoms with E-state index in [2.05, 4.69) is 15.0 Å². The Labute approximate surface area is 96.2 Å². The second-order valence-electron chi connectivity index (χ2n) is 2.60. The summed E-state index contributed by atoms with van der Waals surface area (Å²) >= 11 is 1.33. The number of carbonyl (C=O) groups excluding carboxylic acids is 1. The van der Waals surface area contributed by atoms with Crippen molar-refractivity contribution in [2.75, 3.05) is 13.2 Å². The second-order valence-corrected chi connectivity index (χ2v) is 3.49. The minimum absolute atomic E-state index is 0.247. The molecule has 0 amide bonds. The zero-order valence-corrected chi connectivity index (χ0v) is 9.48. The van der Waals surface area contributed by atoms with E-state index in [4.69, 9.17) is 10.3 Å². The van der Waals surface area contributed by atoms with E-state index < -0.39 is 5.97 Å². The van der Waals surface area contributed by atoms with Gasteiger partial charge in [-0.2, -0.15) is 0 Å². The Hall–Kier alpha value is -1.85. The van der Waals surface area contributed by atoms with E-state index >= 15 is 0 Å². The van der Waals surface area contributed by atoms with Crippen molar-refractivity contribution in [2.24, 2.45) is 5.11 Å². The number of esters is 1. The highest BCUT2D eigenvalue weighted by molar-refractivity contribution is 7.10. The quantitative estimate of drug-likeness (QED) is 0.342. The fraction of sp³-hybridized carbons (Fsp3) is 0.333. The summed E-state index contributed by atoms with van der Waals surface area (Å²) in [6, 6.07) is 0. The topological polar surface area (TPSA) is 88.0 Å². The van der Waals surface area contributed by atoms with Crippen LogP contribution in [0, 0.1) is 0 Å². The molecule has 1 heterocycles. The molecule has 0 aliphatic rings. The standard InChI is InChI=1S/C9H10N4O2S/c1-2-15-9(14)8-7(16-6-11-8)4-3-5-12-13-10/h3-4,6H,2,5H2,1H3. The summed E-state index contributed by atoms with van der Waals surface area (Å²) in [6.07, 6.45) is 3.36. The van der Waals surface area contributed by atoms with Gasteiger partial charge in [-0.25, -0.2) is 9.78 Å². The molecule has 0 fully saturated rings. The van der Waals surface area contributed by atoms with Gasteiger partial charge in [-0.15, -0.1) is 11.3 Å². The van der Waals surface area contributed by atoms with E-state index in [1.54, 1.807) is 24.6 Å². The largest absolute Gasteiger partial charge is 0.461 e. The predicted molar refractivity (Wildman–Crippen MR) is 61.1 cm³/mol. The van der Waals surface area contributed by atoms with Crippen molar-refractivity contribution in [2.45, 2.75) is 6.92 Å². The van der Waals surface area contributed by atoms with Crippen LogP contribution in [0.5, 0.6) is 0 Å². The Kier molecular flexibility index (Phi) is 5.04. The van der Waals surface area contributed by atoms with Gasteiger partial charge in [0.05, 0.1) is 17.0 Å². The lowest BCUT2D eigenvalue weighted by Crippen LogP contribution is -2.06. The van der Waals surface area contributed by atoms with Crippen LogP contribution in [-0.2, 0) is 4.74 Å². The average Bonchev–Trinajstić information content (AvgIpc) is 2.73. The van der Waals surface area contributed by atoms with Crippen molar-refractivity contribution < 1.29 is 9.53 Å². The molecule has 1 rings (SSSR count). The molecule has 0 N–H and O–H groups in total. The van der Waals surface area contributed by atoms with E-state index in [0.717, 1.165) is 0 Å². The number of ether oxygens (including phenoxy) is 1. The molecule has 0 aromatic carbocycles. The summed E-state index contributed by atoms with van der Waals surface area (Å²) in [5, 5.41) is 3.34. The Balaban J connectivity index is 2.73. The first kappa shape index (κ1) is 12.2. The summed E-state index contributed by atoms with van der Waals surface area (Å²) in [5.74, 6) is -0.438. The molecular formula is C9H10N4O2S. The molecule has 0 atom stereocenters. The number of aromatic nitrogens is 1. The number of nitrogens with zero attached hydrogens (tertiary/aromatic N) is 4. The summed E-state index contributed by atoms with van der Waals surface area (Å²) in [6.45, 7) is 2.30. The maximum Gasteiger partial charge on any atom is 0.358 e. The molecule has 0 saturated carbocycles. The normalized spacial score (nSPS) is 10.1. The van der Waals surface area contributed by atoms with Crippen LogP contribution in [0.15, 0.2) is 16.7 Å². The monoisotopic (exact) mass is 238 g/mol. The molecule has 0 aliphatic carbocycles. The third-order valence-electron chi connectivity index (χ3n) is 1.58. The minimum Gasteiger partial charge on any atom is -0.461 e. The van der Waals surface area contributed by atoms with Crippen LogP contribution in [0.2, 0.25) is 0 Å². The van der Waals surface area contributed by atoms with Gasteiger partial charge in [-0.05, 0) is 18.5 Å². The number of thiazole rings is 1. The lowest BCUT2D eigenvalue weighted by Gasteiger charge is -1.98. The number of hydrogen-bond acceptors (Lipinski definition) is 5. The van der Waals surface area contributed by atoms with Crippen LogP contribution in [0.1, 0.15) is 22.3 Å². The highest BCUT2D eigenvalue weighted by Crippen LogP contribution is 2.16. The summed E-state index contributed by atoms with van der Waals surface area (Å²) in [7, 11) is 0. The van der Waals surface area contributed by atoms with Crippen molar-refractivity contribution >= 4 is 23.4 Å². The molecule has 7 heteroatoms. The molecule has 0 unspecified atom stereocenters.